The van der Waals surface area contributed by atoms with Crippen molar-refractivity contribution in [1.82, 2.24) is 15.2 Å². The van der Waals surface area contributed by atoms with E-state index in [1.165, 1.54) is 5.56 Å². The lowest BCUT2D eigenvalue weighted by Gasteiger charge is -2.07. The molecular weight excluding hydrogens is 262 g/mol. The lowest BCUT2D eigenvalue weighted by molar-refractivity contribution is 0.821. The maximum Gasteiger partial charge on any atom is 0.244 e. The Morgan fingerprint density at radius 3 is 2.62 bits per heavy atom. The molecule has 0 fully saturated rings. The number of benzene rings is 1. The molecule has 2 rings (SSSR count). The van der Waals surface area contributed by atoms with Gasteiger partial charge in [-0.1, -0.05) is 43.7 Å². The highest BCUT2D eigenvalue weighted by atomic mass is 15.3. The number of hydrogen-bond donors (Lipinski definition) is 2. The van der Waals surface area contributed by atoms with Crippen LogP contribution in [0, 0.1) is 0 Å². The van der Waals surface area contributed by atoms with Crippen molar-refractivity contribution < 1.29 is 0 Å². The van der Waals surface area contributed by atoms with Gasteiger partial charge in [0.25, 0.3) is 0 Å². The molecule has 0 aliphatic carbocycles. The van der Waals surface area contributed by atoms with Gasteiger partial charge in [0.15, 0.2) is 0 Å². The molecule has 21 heavy (non-hydrogen) atoms. The third-order valence-corrected chi connectivity index (χ3v) is 3.16. The fourth-order valence-electron chi connectivity index (χ4n) is 1.99. The van der Waals surface area contributed by atoms with Gasteiger partial charge in [0.2, 0.25) is 5.95 Å². The third-order valence-electron chi connectivity index (χ3n) is 3.16. The SMILES string of the molecule is CCCCNc1cnnc(NCCCc2ccccc2)n1. The van der Waals surface area contributed by atoms with Gasteiger partial charge >= 0.3 is 0 Å². The van der Waals surface area contributed by atoms with Crippen LogP contribution in [0.15, 0.2) is 36.5 Å². The van der Waals surface area contributed by atoms with Crippen molar-refractivity contribution in [3.8, 4) is 0 Å². The second-order valence-electron chi connectivity index (χ2n) is 4.96. The van der Waals surface area contributed by atoms with Crippen molar-refractivity contribution >= 4 is 11.8 Å². The van der Waals surface area contributed by atoms with Crippen molar-refractivity contribution in [3.05, 3.63) is 42.1 Å². The van der Waals surface area contributed by atoms with Crippen LogP contribution in [-0.2, 0) is 6.42 Å². The molecule has 0 unspecified atom stereocenters. The highest BCUT2D eigenvalue weighted by molar-refractivity contribution is 5.36. The maximum atomic E-state index is 4.39. The Morgan fingerprint density at radius 2 is 1.81 bits per heavy atom. The minimum atomic E-state index is 0.588. The van der Waals surface area contributed by atoms with E-state index in [2.05, 4.69) is 57.0 Å². The molecule has 2 N–H and O–H groups in total. The van der Waals surface area contributed by atoms with Gasteiger partial charge in [-0.05, 0) is 24.8 Å². The van der Waals surface area contributed by atoms with Crippen molar-refractivity contribution in [2.75, 3.05) is 23.7 Å². The predicted octanol–water partition coefficient (Wildman–Crippen LogP) is 3.13. The van der Waals surface area contributed by atoms with Crippen LogP contribution in [-0.4, -0.2) is 28.3 Å². The zero-order valence-corrected chi connectivity index (χ0v) is 12.5. The molecule has 112 valence electrons. The highest BCUT2D eigenvalue weighted by Gasteiger charge is 1.99. The Morgan fingerprint density at radius 1 is 1.00 bits per heavy atom. The first-order chi connectivity index (χ1) is 10.4. The van der Waals surface area contributed by atoms with Crippen LogP contribution in [0.3, 0.4) is 0 Å². The maximum absolute atomic E-state index is 4.39. The Kier molecular flexibility index (Phi) is 6.45. The Hall–Kier alpha value is -2.17. The summed E-state index contributed by atoms with van der Waals surface area (Å²) in [5, 5.41) is 14.4. The number of unbranched alkanes of at least 4 members (excludes halogenated alkanes) is 1. The van der Waals surface area contributed by atoms with Crippen LogP contribution in [0.1, 0.15) is 31.7 Å². The Labute approximate surface area is 126 Å². The molecule has 0 saturated carbocycles. The molecule has 0 radical (unpaired) electrons. The van der Waals surface area contributed by atoms with E-state index in [0.29, 0.717) is 5.95 Å². The molecule has 1 heterocycles. The topological polar surface area (TPSA) is 62.7 Å². The standard InChI is InChI=1S/C16H23N5/c1-2-3-11-17-15-13-19-21-16(20-15)18-12-7-10-14-8-5-4-6-9-14/h4-6,8-9,13H,2-3,7,10-12H2,1H3,(H2,17,18,20,21). The van der Waals surface area contributed by atoms with Gasteiger partial charge in [-0.25, -0.2) is 0 Å². The fraction of sp³-hybridized carbons (Fsp3) is 0.438. The number of aryl methyl sites for hydroxylation is 1. The van der Waals surface area contributed by atoms with Crippen LogP contribution in [0.2, 0.25) is 0 Å². The quantitative estimate of drug-likeness (QED) is 0.693. The zero-order valence-electron chi connectivity index (χ0n) is 12.5. The molecule has 1 aromatic heterocycles. The smallest absolute Gasteiger partial charge is 0.244 e. The third kappa shape index (κ3) is 5.77. The molecule has 1 aromatic carbocycles. The summed E-state index contributed by atoms with van der Waals surface area (Å²) in [5.74, 6) is 1.37. The first-order valence-electron chi connectivity index (χ1n) is 7.60. The Balaban J connectivity index is 1.71. The second kappa shape index (κ2) is 8.89. The summed E-state index contributed by atoms with van der Waals surface area (Å²) in [7, 11) is 0. The van der Waals surface area contributed by atoms with Crippen molar-refractivity contribution in [2.24, 2.45) is 0 Å². The molecular formula is C16H23N5. The van der Waals surface area contributed by atoms with Gasteiger partial charge in [-0.2, -0.15) is 10.1 Å². The zero-order chi connectivity index (χ0) is 14.8. The van der Waals surface area contributed by atoms with E-state index >= 15 is 0 Å². The number of aromatic nitrogens is 3. The van der Waals surface area contributed by atoms with Crippen LogP contribution in [0.25, 0.3) is 0 Å². The average molecular weight is 285 g/mol. The van der Waals surface area contributed by atoms with Gasteiger partial charge in [0, 0.05) is 13.1 Å². The van der Waals surface area contributed by atoms with E-state index in [-0.39, 0.29) is 0 Å². The number of anilines is 2. The van der Waals surface area contributed by atoms with E-state index < -0.39 is 0 Å². The lowest BCUT2D eigenvalue weighted by Crippen LogP contribution is -2.10. The summed E-state index contributed by atoms with van der Waals surface area (Å²) >= 11 is 0. The first-order valence-corrected chi connectivity index (χ1v) is 7.60. The summed E-state index contributed by atoms with van der Waals surface area (Å²) in [6, 6.07) is 10.5. The lowest BCUT2D eigenvalue weighted by atomic mass is 10.1. The molecule has 0 aliphatic rings. The normalized spacial score (nSPS) is 10.3. The molecule has 5 nitrogen and oxygen atoms in total. The number of rotatable bonds is 9. The molecule has 0 atom stereocenters. The van der Waals surface area contributed by atoms with Crippen molar-refractivity contribution in [2.45, 2.75) is 32.6 Å². The van der Waals surface area contributed by atoms with E-state index in [4.69, 9.17) is 0 Å². The van der Waals surface area contributed by atoms with E-state index in [9.17, 15) is 0 Å². The van der Waals surface area contributed by atoms with Gasteiger partial charge in [0.05, 0.1) is 6.20 Å². The van der Waals surface area contributed by atoms with Crippen LogP contribution < -0.4 is 10.6 Å². The van der Waals surface area contributed by atoms with E-state index in [0.717, 1.165) is 44.6 Å². The van der Waals surface area contributed by atoms with E-state index in [1.807, 2.05) is 6.07 Å². The van der Waals surface area contributed by atoms with Crippen molar-refractivity contribution in [3.63, 3.8) is 0 Å². The summed E-state index contributed by atoms with van der Waals surface area (Å²) < 4.78 is 0. The van der Waals surface area contributed by atoms with Crippen LogP contribution in [0.5, 0.6) is 0 Å². The summed E-state index contributed by atoms with van der Waals surface area (Å²) in [4.78, 5) is 4.39. The second-order valence-corrected chi connectivity index (χ2v) is 4.96. The molecule has 2 aromatic rings. The van der Waals surface area contributed by atoms with Crippen molar-refractivity contribution in [1.29, 1.82) is 0 Å². The van der Waals surface area contributed by atoms with Gasteiger partial charge in [-0.3, -0.25) is 0 Å². The minimum Gasteiger partial charge on any atom is -0.369 e. The molecule has 0 amide bonds. The monoisotopic (exact) mass is 285 g/mol. The van der Waals surface area contributed by atoms with E-state index in [1.54, 1.807) is 6.20 Å². The average Bonchev–Trinajstić information content (AvgIpc) is 2.53. The molecule has 0 aliphatic heterocycles. The van der Waals surface area contributed by atoms with Gasteiger partial charge < -0.3 is 10.6 Å². The number of hydrogen-bond acceptors (Lipinski definition) is 5. The first kappa shape index (κ1) is 15.2. The molecule has 0 spiro atoms. The number of nitrogens with one attached hydrogen (secondary N) is 2. The minimum absolute atomic E-state index is 0.588. The fourth-order valence-corrected chi connectivity index (χ4v) is 1.99. The predicted molar refractivity (Wildman–Crippen MR) is 86.5 cm³/mol. The highest BCUT2D eigenvalue weighted by Crippen LogP contribution is 2.05. The summed E-state index contributed by atoms with van der Waals surface area (Å²) in [6.45, 7) is 3.93. The Bertz CT molecular complexity index is 515. The number of nitrogens with zero attached hydrogens (tertiary/aromatic N) is 3. The summed E-state index contributed by atoms with van der Waals surface area (Å²) in [6.07, 6.45) is 6.04. The molecule has 5 heteroatoms. The molecule has 0 bridgehead atoms. The van der Waals surface area contributed by atoms with Crippen LogP contribution in [0.4, 0.5) is 11.8 Å². The van der Waals surface area contributed by atoms with Gasteiger partial charge in [0.1, 0.15) is 5.82 Å². The molecule has 0 saturated heterocycles. The summed E-state index contributed by atoms with van der Waals surface area (Å²) in [5.41, 5.74) is 1.35. The van der Waals surface area contributed by atoms with Gasteiger partial charge in [-0.15, -0.1) is 5.10 Å². The van der Waals surface area contributed by atoms with Crippen LogP contribution >= 0.6 is 0 Å². The largest absolute Gasteiger partial charge is 0.369 e.